The maximum absolute atomic E-state index is 14.0. The molecule has 1 N–H and O–H groups in total. The van der Waals surface area contributed by atoms with Gasteiger partial charge in [0.05, 0.1) is 33.4 Å². The predicted molar refractivity (Wildman–Crippen MR) is 135 cm³/mol. The standard InChI is InChI=1S/C25H18ClN5O3S/c1-30-9-13-6-16(12-2-3-12)17(7-19(13)29-30)23-28-24-20(15-4-5-18(26)21(32)22(15)35-24)25(33)31(23)10-14-8-27-11-34-14/h4-9,11-12,32H,2-3,10H2,1H3. The molecule has 0 saturated heterocycles. The highest BCUT2D eigenvalue weighted by molar-refractivity contribution is 7.25. The molecule has 4 heterocycles. The summed E-state index contributed by atoms with van der Waals surface area (Å²) in [5, 5.41) is 17.5. The summed E-state index contributed by atoms with van der Waals surface area (Å²) >= 11 is 7.42. The molecule has 174 valence electrons. The molecule has 10 heteroatoms. The number of benzene rings is 2. The van der Waals surface area contributed by atoms with Gasteiger partial charge in [0, 0.05) is 29.6 Å². The summed E-state index contributed by atoms with van der Waals surface area (Å²) in [6.07, 6.45) is 7.15. The van der Waals surface area contributed by atoms with E-state index in [4.69, 9.17) is 21.0 Å². The van der Waals surface area contributed by atoms with Crippen molar-refractivity contribution in [1.82, 2.24) is 24.3 Å². The number of aromatic hydroxyl groups is 1. The maximum atomic E-state index is 14.0. The van der Waals surface area contributed by atoms with Crippen molar-refractivity contribution in [3.05, 3.63) is 69.8 Å². The van der Waals surface area contributed by atoms with Gasteiger partial charge < -0.3 is 9.52 Å². The van der Waals surface area contributed by atoms with E-state index in [0.717, 1.165) is 34.9 Å². The average Bonchev–Trinajstić information content (AvgIpc) is 3.23. The molecule has 0 radical (unpaired) electrons. The van der Waals surface area contributed by atoms with E-state index in [0.29, 0.717) is 37.8 Å². The molecule has 2 aromatic carbocycles. The van der Waals surface area contributed by atoms with Crippen LogP contribution in [0.5, 0.6) is 5.75 Å². The first-order valence-corrected chi connectivity index (χ1v) is 12.4. The molecule has 35 heavy (non-hydrogen) atoms. The van der Waals surface area contributed by atoms with E-state index in [-0.39, 0.29) is 22.9 Å². The number of nitrogens with zero attached hydrogens (tertiary/aromatic N) is 5. The van der Waals surface area contributed by atoms with Gasteiger partial charge in [-0.3, -0.25) is 14.0 Å². The van der Waals surface area contributed by atoms with Crippen LogP contribution in [0.3, 0.4) is 0 Å². The minimum atomic E-state index is -0.211. The Balaban J connectivity index is 1.58. The lowest BCUT2D eigenvalue weighted by Crippen LogP contribution is -2.24. The van der Waals surface area contributed by atoms with E-state index in [9.17, 15) is 9.90 Å². The monoisotopic (exact) mass is 503 g/mol. The first kappa shape index (κ1) is 20.7. The van der Waals surface area contributed by atoms with Crippen LogP contribution < -0.4 is 5.56 Å². The van der Waals surface area contributed by atoms with E-state index < -0.39 is 0 Å². The largest absolute Gasteiger partial charge is 0.505 e. The fourth-order valence-corrected chi connectivity index (χ4v) is 6.08. The second-order valence-electron chi connectivity index (χ2n) is 8.92. The molecule has 1 saturated carbocycles. The second-order valence-corrected chi connectivity index (χ2v) is 10.3. The van der Waals surface area contributed by atoms with Crippen molar-refractivity contribution in [3.63, 3.8) is 0 Å². The Morgan fingerprint density at radius 2 is 2.14 bits per heavy atom. The van der Waals surface area contributed by atoms with Gasteiger partial charge in [-0.05, 0) is 42.5 Å². The highest BCUT2D eigenvalue weighted by Crippen LogP contribution is 2.46. The van der Waals surface area contributed by atoms with Gasteiger partial charge in [0.15, 0.2) is 12.1 Å². The van der Waals surface area contributed by atoms with Crippen molar-refractivity contribution >= 4 is 54.1 Å². The maximum Gasteiger partial charge on any atom is 0.263 e. The molecule has 6 aromatic rings. The number of aromatic nitrogens is 5. The first-order chi connectivity index (χ1) is 17.0. The number of fused-ring (bicyclic) bond motifs is 4. The van der Waals surface area contributed by atoms with Gasteiger partial charge in [0.1, 0.15) is 16.4 Å². The van der Waals surface area contributed by atoms with Crippen molar-refractivity contribution in [1.29, 1.82) is 0 Å². The molecule has 7 rings (SSSR count). The summed E-state index contributed by atoms with van der Waals surface area (Å²) < 4.78 is 9.47. The van der Waals surface area contributed by atoms with Crippen LogP contribution in [0.1, 0.15) is 30.1 Å². The summed E-state index contributed by atoms with van der Waals surface area (Å²) in [7, 11) is 1.90. The number of aryl methyl sites for hydroxylation is 1. The smallest absolute Gasteiger partial charge is 0.263 e. The fraction of sp³-hybridized carbons (Fsp3) is 0.200. The predicted octanol–water partition coefficient (Wildman–Crippen LogP) is 5.44. The summed E-state index contributed by atoms with van der Waals surface area (Å²) in [6, 6.07) is 7.54. The van der Waals surface area contributed by atoms with Crippen LogP contribution in [0.4, 0.5) is 0 Å². The Bertz CT molecular complexity index is 1850. The Morgan fingerprint density at radius 1 is 1.29 bits per heavy atom. The number of hydrogen-bond donors (Lipinski definition) is 1. The minimum absolute atomic E-state index is 0.0384. The van der Waals surface area contributed by atoms with Gasteiger partial charge in [-0.25, -0.2) is 9.97 Å². The third kappa shape index (κ3) is 3.19. The molecule has 0 aliphatic heterocycles. The van der Waals surface area contributed by atoms with Gasteiger partial charge in [0.2, 0.25) is 0 Å². The second kappa shape index (κ2) is 7.40. The van der Waals surface area contributed by atoms with Crippen LogP contribution >= 0.6 is 22.9 Å². The van der Waals surface area contributed by atoms with Crippen LogP contribution in [0, 0.1) is 0 Å². The number of hydrogen-bond acceptors (Lipinski definition) is 7. The third-order valence-corrected chi connectivity index (χ3v) is 7.94. The summed E-state index contributed by atoms with van der Waals surface area (Å²) in [5.74, 6) is 1.48. The van der Waals surface area contributed by atoms with Gasteiger partial charge in [-0.1, -0.05) is 17.7 Å². The molecule has 0 amide bonds. The lowest BCUT2D eigenvalue weighted by Gasteiger charge is -2.15. The topological polar surface area (TPSA) is 99.0 Å². The molecule has 0 bridgehead atoms. The summed E-state index contributed by atoms with van der Waals surface area (Å²) in [5.41, 5.74) is 2.68. The van der Waals surface area contributed by atoms with Crippen molar-refractivity contribution in [2.45, 2.75) is 25.3 Å². The molecule has 0 spiro atoms. The highest BCUT2D eigenvalue weighted by Gasteiger charge is 2.30. The van der Waals surface area contributed by atoms with Gasteiger partial charge >= 0.3 is 0 Å². The van der Waals surface area contributed by atoms with E-state index in [1.807, 2.05) is 19.3 Å². The van der Waals surface area contributed by atoms with Gasteiger partial charge in [0.25, 0.3) is 5.56 Å². The third-order valence-electron chi connectivity index (χ3n) is 6.53. The van der Waals surface area contributed by atoms with E-state index in [1.165, 1.54) is 17.7 Å². The number of halogens is 1. The van der Waals surface area contributed by atoms with Crippen molar-refractivity contribution < 1.29 is 9.52 Å². The number of phenolic OH excluding ortho intramolecular Hbond substituents is 1. The number of rotatable bonds is 4. The molecule has 4 aromatic heterocycles. The number of oxazole rings is 1. The molecular weight excluding hydrogens is 486 g/mol. The van der Waals surface area contributed by atoms with Crippen LogP contribution in [-0.2, 0) is 13.6 Å². The Hall–Kier alpha value is -3.69. The van der Waals surface area contributed by atoms with Gasteiger partial charge in [-0.15, -0.1) is 11.3 Å². The molecule has 8 nitrogen and oxygen atoms in total. The zero-order valence-corrected chi connectivity index (χ0v) is 20.1. The number of thiophene rings is 1. The van der Waals surface area contributed by atoms with Crippen LogP contribution in [0.25, 0.3) is 42.6 Å². The molecule has 1 aliphatic carbocycles. The molecule has 0 unspecified atom stereocenters. The first-order valence-electron chi connectivity index (χ1n) is 11.2. The van der Waals surface area contributed by atoms with E-state index in [2.05, 4.69) is 16.1 Å². The average molecular weight is 504 g/mol. The molecule has 1 aliphatic rings. The van der Waals surface area contributed by atoms with Crippen LogP contribution in [0.2, 0.25) is 5.02 Å². The van der Waals surface area contributed by atoms with Crippen molar-refractivity contribution in [3.8, 4) is 17.1 Å². The van der Waals surface area contributed by atoms with Crippen molar-refractivity contribution in [2.24, 2.45) is 7.05 Å². The Morgan fingerprint density at radius 3 is 2.91 bits per heavy atom. The fourth-order valence-electron chi connectivity index (χ4n) is 4.75. The van der Waals surface area contributed by atoms with Crippen LogP contribution in [0.15, 0.2) is 52.3 Å². The lowest BCUT2D eigenvalue weighted by atomic mass is 10.00. The number of phenols is 1. The quantitative estimate of drug-likeness (QED) is 0.344. The Kier molecular flexibility index (Phi) is 4.37. The zero-order chi connectivity index (χ0) is 23.8. The van der Waals surface area contributed by atoms with Crippen molar-refractivity contribution in [2.75, 3.05) is 0 Å². The van der Waals surface area contributed by atoms with Gasteiger partial charge in [-0.2, -0.15) is 5.10 Å². The summed E-state index contributed by atoms with van der Waals surface area (Å²) in [4.78, 5) is 23.6. The Labute approximate surface area is 207 Å². The SMILES string of the molecule is Cn1cc2cc(C3CC3)c(-c3nc4sc5c(O)c(Cl)ccc5c4c(=O)n3Cc3cnco3)cc2n1. The normalized spacial score (nSPS) is 14.0. The van der Waals surface area contributed by atoms with E-state index in [1.54, 1.807) is 27.6 Å². The minimum Gasteiger partial charge on any atom is -0.505 e. The molecule has 1 fully saturated rings. The molecule has 0 atom stereocenters. The highest BCUT2D eigenvalue weighted by atomic mass is 35.5. The molecular formula is C25H18ClN5O3S. The van der Waals surface area contributed by atoms with E-state index >= 15 is 0 Å². The zero-order valence-electron chi connectivity index (χ0n) is 18.5. The summed E-state index contributed by atoms with van der Waals surface area (Å²) in [6.45, 7) is 0.179. The van der Waals surface area contributed by atoms with Crippen LogP contribution in [-0.4, -0.2) is 29.4 Å². The lowest BCUT2D eigenvalue weighted by molar-refractivity contribution is 0.482.